The monoisotopic (exact) mass is 509 g/mol. The largest absolute Gasteiger partial charge is 0.342 e. The average Bonchev–Trinajstić information content (AvgIpc) is 3.37. The third-order valence-electron chi connectivity index (χ3n) is 6.22. The fraction of sp³-hybridized carbons (Fsp3) is 0.107. The van der Waals surface area contributed by atoms with Gasteiger partial charge in [-0.1, -0.05) is 48.0 Å². The molecule has 10 nitrogen and oxygen atoms in total. The van der Waals surface area contributed by atoms with E-state index in [1.54, 1.807) is 30.3 Å². The van der Waals surface area contributed by atoms with Crippen molar-refractivity contribution in [2.75, 3.05) is 11.9 Å². The molecule has 1 saturated heterocycles. The summed E-state index contributed by atoms with van der Waals surface area (Å²) in [5.41, 5.74) is 4.17. The summed E-state index contributed by atoms with van der Waals surface area (Å²) in [6, 6.07) is 20.4. The van der Waals surface area contributed by atoms with Crippen LogP contribution in [0.25, 0.3) is 17.0 Å². The SMILES string of the molecule is Cc1ccc(NC(=O)CN2C(=O)N/C(=C/c3cn(Cc4ccc([N+](=O)[O-])cc4)c4ccccc34)C2=O)cc1. The number of carbonyl (C=O) groups is 3. The molecule has 3 aromatic carbocycles. The number of benzene rings is 3. The van der Waals surface area contributed by atoms with E-state index in [-0.39, 0.29) is 11.4 Å². The minimum absolute atomic E-state index is 0.0177. The van der Waals surface area contributed by atoms with Crippen LogP contribution in [-0.2, 0) is 16.1 Å². The van der Waals surface area contributed by atoms with Crippen LogP contribution < -0.4 is 10.6 Å². The molecule has 5 rings (SSSR count). The van der Waals surface area contributed by atoms with E-state index in [4.69, 9.17) is 0 Å². The Kier molecular flexibility index (Phi) is 6.44. The van der Waals surface area contributed by atoms with Gasteiger partial charge in [0.1, 0.15) is 12.2 Å². The summed E-state index contributed by atoms with van der Waals surface area (Å²) >= 11 is 0. The van der Waals surface area contributed by atoms with Gasteiger partial charge in [0, 0.05) is 47.0 Å². The number of urea groups is 1. The molecular weight excluding hydrogens is 486 g/mol. The lowest BCUT2D eigenvalue weighted by Gasteiger charge is -2.12. The Balaban J connectivity index is 1.36. The average molecular weight is 510 g/mol. The quantitative estimate of drug-likeness (QED) is 0.165. The van der Waals surface area contributed by atoms with E-state index >= 15 is 0 Å². The molecule has 38 heavy (non-hydrogen) atoms. The van der Waals surface area contributed by atoms with Crippen LogP contribution >= 0.6 is 0 Å². The van der Waals surface area contributed by atoms with E-state index in [1.165, 1.54) is 12.1 Å². The lowest BCUT2D eigenvalue weighted by Crippen LogP contribution is -2.38. The molecule has 1 aliphatic heterocycles. The molecule has 0 atom stereocenters. The molecule has 0 aliphatic carbocycles. The van der Waals surface area contributed by atoms with Gasteiger partial charge in [0.05, 0.1) is 4.92 Å². The number of anilines is 1. The number of aromatic nitrogens is 1. The molecule has 1 aromatic heterocycles. The lowest BCUT2D eigenvalue weighted by atomic mass is 10.1. The van der Waals surface area contributed by atoms with Crippen LogP contribution in [0.4, 0.5) is 16.2 Å². The molecule has 0 saturated carbocycles. The number of nitrogens with one attached hydrogen (secondary N) is 2. The van der Waals surface area contributed by atoms with Gasteiger partial charge in [-0.05, 0) is 36.8 Å². The van der Waals surface area contributed by atoms with Crippen molar-refractivity contribution in [2.24, 2.45) is 0 Å². The Labute approximate surface area is 217 Å². The number of hydrogen-bond acceptors (Lipinski definition) is 5. The van der Waals surface area contributed by atoms with Crippen LogP contribution in [0.1, 0.15) is 16.7 Å². The first-order chi connectivity index (χ1) is 18.3. The van der Waals surface area contributed by atoms with Crippen molar-refractivity contribution in [3.63, 3.8) is 0 Å². The number of hydrogen-bond donors (Lipinski definition) is 2. The normalized spacial score (nSPS) is 14.2. The molecule has 0 radical (unpaired) electrons. The van der Waals surface area contributed by atoms with E-state index < -0.39 is 29.3 Å². The predicted molar refractivity (Wildman–Crippen MR) is 142 cm³/mol. The van der Waals surface area contributed by atoms with Gasteiger partial charge in [0.25, 0.3) is 11.6 Å². The zero-order valence-corrected chi connectivity index (χ0v) is 20.4. The molecular formula is C28H23N5O5. The van der Waals surface area contributed by atoms with Crippen molar-refractivity contribution in [1.82, 2.24) is 14.8 Å². The first kappa shape index (κ1) is 24.4. The predicted octanol–water partition coefficient (Wildman–Crippen LogP) is 4.44. The van der Waals surface area contributed by atoms with Crippen LogP contribution in [0.15, 0.2) is 84.7 Å². The molecule has 1 fully saturated rings. The van der Waals surface area contributed by atoms with Gasteiger partial charge in [-0.25, -0.2) is 9.69 Å². The Bertz CT molecular complexity index is 1600. The summed E-state index contributed by atoms with van der Waals surface area (Å²) in [5.74, 6) is -1.08. The van der Waals surface area contributed by atoms with Crippen LogP contribution in [0.5, 0.6) is 0 Å². The second kappa shape index (κ2) is 10.0. The van der Waals surface area contributed by atoms with Crippen molar-refractivity contribution in [2.45, 2.75) is 13.5 Å². The van der Waals surface area contributed by atoms with Crippen LogP contribution in [-0.4, -0.2) is 38.8 Å². The van der Waals surface area contributed by atoms with Gasteiger partial charge >= 0.3 is 6.03 Å². The first-order valence-electron chi connectivity index (χ1n) is 11.8. The molecule has 1 aliphatic rings. The second-order valence-corrected chi connectivity index (χ2v) is 8.95. The Morgan fingerprint density at radius 3 is 2.45 bits per heavy atom. The van der Waals surface area contributed by atoms with Crippen molar-refractivity contribution in [3.05, 3.63) is 111 Å². The summed E-state index contributed by atoms with van der Waals surface area (Å²) in [4.78, 5) is 49.4. The fourth-order valence-corrected chi connectivity index (χ4v) is 4.29. The molecule has 0 spiro atoms. The maximum absolute atomic E-state index is 13.0. The Hall–Kier alpha value is -5.25. The Morgan fingerprint density at radius 1 is 1.03 bits per heavy atom. The summed E-state index contributed by atoms with van der Waals surface area (Å²) in [5, 5.41) is 17.1. The van der Waals surface area contributed by atoms with Crippen LogP contribution in [0, 0.1) is 17.0 Å². The second-order valence-electron chi connectivity index (χ2n) is 8.95. The third-order valence-corrected chi connectivity index (χ3v) is 6.22. The highest BCUT2D eigenvalue weighted by Crippen LogP contribution is 2.26. The van der Waals surface area contributed by atoms with Gasteiger partial charge in [0.15, 0.2) is 0 Å². The molecule has 4 aromatic rings. The summed E-state index contributed by atoms with van der Waals surface area (Å²) < 4.78 is 1.97. The molecule has 0 unspecified atom stereocenters. The number of amides is 4. The fourth-order valence-electron chi connectivity index (χ4n) is 4.29. The number of carbonyl (C=O) groups excluding carboxylic acids is 3. The van der Waals surface area contributed by atoms with Crippen molar-refractivity contribution < 1.29 is 19.3 Å². The molecule has 10 heteroatoms. The van der Waals surface area contributed by atoms with Crippen molar-refractivity contribution >= 4 is 46.2 Å². The zero-order chi connectivity index (χ0) is 26.8. The van der Waals surface area contributed by atoms with E-state index in [0.717, 1.165) is 26.9 Å². The van der Waals surface area contributed by atoms with Crippen LogP contribution in [0.2, 0.25) is 0 Å². The maximum Gasteiger partial charge on any atom is 0.329 e. The lowest BCUT2D eigenvalue weighted by molar-refractivity contribution is -0.384. The standard InChI is InChI=1S/C28H23N5O5/c1-18-6-10-21(11-7-18)29-26(34)17-32-27(35)24(30-28(32)36)14-20-16-31(25-5-3-2-4-23(20)25)15-19-8-12-22(13-9-19)33(37)38/h2-14,16H,15,17H2,1H3,(H,29,34)(H,30,36)/b24-14+. The highest BCUT2D eigenvalue weighted by atomic mass is 16.6. The minimum atomic E-state index is -0.671. The summed E-state index contributed by atoms with van der Waals surface area (Å²) in [6.07, 6.45) is 3.44. The van der Waals surface area contributed by atoms with Gasteiger partial charge in [0.2, 0.25) is 5.91 Å². The number of fused-ring (bicyclic) bond motifs is 1. The number of nitro groups is 1. The highest BCUT2D eigenvalue weighted by Gasteiger charge is 2.35. The van der Waals surface area contributed by atoms with Crippen molar-refractivity contribution in [1.29, 1.82) is 0 Å². The summed E-state index contributed by atoms with van der Waals surface area (Å²) in [7, 11) is 0. The topological polar surface area (TPSA) is 127 Å². The number of rotatable bonds is 7. The molecule has 2 N–H and O–H groups in total. The van der Waals surface area contributed by atoms with Crippen LogP contribution in [0.3, 0.4) is 0 Å². The molecule has 2 heterocycles. The maximum atomic E-state index is 13.0. The van der Waals surface area contributed by atoms with Crippen molar-refractivity contribution in [3.8, 4) is 0 Å². The van der Waals surface area contributed by atoms with Gasteiger partial charge in [-0.15, -0.1) is 0 Å². The van der Waals surface area contributed by atoms with Gasteiger partial charge in [-0.2, -0.15) is 0 Å². The number of para-hydroxylation sites is 1. The van der Waals surface area contributed by atoms with E-state index in [9.17, 15) is 24.5 Å². The number of nitro benzene ring substituents is 1. The number of imide groups is 1. The third kappa shape index (κ3) is 5.00. The molecule has 0 bridgehead atoms. The molecule has 4 amide bonds. The minimum Gasteiger partial charge on any atom is -0.342 e. The van der Waals surface area contributed by atoms with Gasteiger partial charge < -0.3 is 15.2 Å². The number of aryl methyl sites for hydroxylation is 1. The van der Waals surface area contributed by atoms with E-state index in [2.05, 4.69) is 10.6 Å². The van der Waals surface area contributed by atoms with E-state index in [1.807, 2.05) is 54.1 Å². The first-order valence-corrected chi connectivity index (χ1v) is 11.8. The van der Waals surface area contributed by atoms with E-state index in [0.29, 0.717) is 17.8 Å². The number of nitrogens with zero attached hydrogens (tertiary/aromatic N) is 3. The Morgan fingerprint density at radius 2 is 1.74 bits per heavy atom. The number of non-ortho nitro benzene ring substituents is 1. The zero-order valence-electron chi connectivity index (χ0n) is 20.4. The van der Waals surface area contributed by atoms with Gasteiger partial charge in [-0.3, -0.25) is 19.7 Å². The summed E-state index contributed by atoms with van der Waals surface area (Å²) in [6.45, 7) is 1.96. The smallest absolute Gasteiger partial charge is 0.329 e. The molecule has 190 valence electrons. The highest BCUT2D eigenvalue weighted by molar-refractivity contribution is 6.16.